The summed E-state index contributed by atoms with van der Waals surface area (Å²) in [7, 11) is 0. The van der Waals surface area contributed by atoms with Crippen LogP contribution in [0.4, 0.5) is 20.2 Å². The highest BCUT2D eigenvalue weighted by Crippen LogP contribution is 2.30. The Morgan fingerprint density at radius 3 is 2.38 bits per heavy atom. The molecule has 8 heteroatoms. The number of anilines is 1. The fourth-order valence-electron chi connectivity index (χ4n) is 1.68. The smallest absolute Gasteiger partial charge is 0.294 e. The quantitative estimate of drug-likeness (QED) is 0.646. The molecule has 0 saturated carbocycles. The first-order chi connectivity index (χ1) is 9.88. The standard InChI is InChI=1S/C13H8Cl2F2N2O2/c14-8-3-7(1-2-10(8)16)6-18-12-5-11(17)9(15)4-13(12)19(20)21/h1-5,18H,6H2. The van der Waals surface area contributed by atoms with Gasteiger partial charge in [-0.3, -0.25) is 10.1 Å². The van der Waals surface area contributed by atoms with E-state index in [4.69, 9.17) is 23.2 Å². The lowest BCUT2D eigenvalue weighted by Crippen LogP contribution is -2.03. The largest absolute Gasteiger partial charge is 0.375 e. The maximum absolute atomic E-state index is 13.4. The van der Waals surface area contributed by atoms with Gasteiger partial charge in [0.1, 0.15) is 17.3 Å². The molecule has 4 nitrogen and oxygen atoms in total. The number of nitro groups is 1. The Kier molecular flexibility index (Phi) is 4.59. The molecule has 0 atom stereocenters. The van der Waals surface area contributed by atoms with E-state index >= 15 is 0 Å². The number of benzene rings is 2. The third kappa shape index (κ3) is 3.59. The SMILES string of the molecule is O=[N+]([O-])c1cc(Cl)c(F)cc1NCc1ccc(F)c(Cl)c1. The van der Waals surface area contributed by atoms with Gasteiger partial charge in [-0.25, -0.2) is 8.78 Å². The average Bonchev–Trinajstić information content (AvgIpc) is 2.43. The van der Waals surface area contributed by atoms with Crippen LogP contribution in [-0.2, 0) is 6.54 Å². The lowest BCUT2D eigenvalue weighted by molar-refractivity contribution is -0.384. The fourth-order valence-corrected chi connectivity index (χ4v) is 2.04. The first-order valence-corrected chi connectivity index (χ1v) is 6.45. The second-order valence-electron chi connectivity index (χ2n) is 4.14. The van der Waals surface area contributed by atoms with E-state index in [-0.39, 0.29) is 28.0 Å². The van der Waals surface area contributed by atoms with E-state index in [1.165, 1.54) is 18.2 Å². The van der Waals surface area contributed by atoms with Crippen LogP contribution in [0.1, 0.15) is 5.56 Å². The van der Waals surface area contributed by atoms with Gasteiger partial charge in [0.25, 0.3) is 5.69 Å². The highest BCUT2D eigenvalue weighted by Gasteiger charge is 2.17. The molecule has 21 heavy (non-hydrogen) atoms. The monoisotopic (exact) mass is 332 g/mol. The van der Waals surface area contributed by atoms with E-state index in [0.717, 1.165) is 12.1 Å². The van der Waals surface area contributed by atoms with Crippen molar-refractivity contribution < 1.29 is 13.7 Å². The summed E-state index contributed by atoms with van der Waals surface area (Å²) in [6.45, 7) is 0.113. The van der Waals surface area contributed by atoms with Crippen LogP contribution in [0.5, 0.6) is 0 Å². The summed E-state index contributed by atoms with van der Waals surface area (Å²) in [6.07, 6.45) is 0. The second kappa shape index (κ2) is 6.24. The zero-order valence-electron chi connectivity index (χ0n) is 10.4. The van der Waals surface area contributed by atoms with E-state index < -0.39 is 16.6 Å². The van der Waals surface area contributed by atoms with Gasteiger partial charge in [0.2, 0.25) is 0 Å². The van der Waals surface area contributed by atoms with Gasteiger partial charge < -0.3 is 5.32 Å². The Morgan fingerprint density at radius 1 is 1.10 bits per heavy atom. The van der Waals surface area contributed by atoms with Crippen LogP contribution in [0.2, 0.25) is 10.0 Å². The van der Waals surface area contributed by atoms with E-state index in [1.54, 1.807) is 0 Å². The Balaban J connectivity index is 2.24. The zero-order valence-corrected chi connectivity index (χ0v) is 11.9. The first kappa shape index (κ1) is 15.5. The highest BCUT2D eigenvalue weighted by atomic mass is 35.5. The predicted octanol–water partition coefficient (Wildman–Crippen LogP) is 4.79. The molecule has 0 aliphatic heterocycles. The molecule has 0 radical (unpaired) electrons. The summed E-state index contributed by atoms with van der Waals surface area (Å²) in [6, 6.07) is 5.88. The van der Waals surface area contributed by atoms with Crippen molar-refractivity contribution in [2.45, 2.75) is 6.54 Å². The Bertz CT molecular complexity index is 711. The van der Waals surface area contributed by atoms with E-state index in [9.17, 15) is 18.9 Å². The summed E-state index contributed by atoms with van der Waals surface area (Å²) in [5, 5.41) is 13.2. The molecule has 0 bridgehead atoms. The van der Waals surface area contributed by atoms with Crippen LogP contribution in [0.25, 0.3) is 0 Å². The molecule has 0 fully saturated rings. The van der Waals surface area contributed by atoms with Crippen LogP contribution in [0.3, 0.4) is 0 Å². The molecule has 0 heterocycles. The maximum Gasteiger partial charge on any atom is 0.294 e. The number of hydrogen-bond donors (Lipinski definition) is 1. The summed E-state index contributed by atoms with van der Waals surface area (Å²) in [5.41, 5.74) is 0.211. The van der Waals surface area contributed by atoms with Crippen molar-refractivity contribution in [3.8, 4) is 0 Å². The van der Waals surface area contributed by atoms with E-state index in [1.807, 2.05) is 0 Å². The minimum absolute atomic E-state index is 0.0256. The molecule has 2 rings (SSSR count). The number of rotatable bonds is 4. The third-order valence-corrected chi connectivity index (χ3v) is 3.28. The molecule has 0 unspecified atom stereocenters. The molecule has 2 aromatic carbocycles. The zero-order chi connectivity index (χ0) is 15.6. The molecular weight excluding hydrogens is 325 g/mol. The maximum atomic E-state index is 13.4. The average molecular weight is 333 g/mol. The molecule has 0 aliphatic carbocycles. The van der Waals surface area contributed by atoms with Gasteiger partial charge in [0.15, 0.2) is 0 Å². The van der Waals surface area contributed by atoms with Gasteiger partial charge in [-0.05, 0) is 17.7 Å². The van der Waals surface area contributed by atoms with Gasteiger partial charge >= 0.3 is 0 Å². The summed E-state index contributed by atoms with van der Waals surface area (Å²) < 4.78 is 26.4. The highest BCUT2D eigenvalue weighted by molar-refractivity contribution is 6.31. The minimum Gasteiger partial charge on any atom is -0.375 e. The van der Waals surface area contributed by atoms with Crippen molar-refractivity contribution in [3.05, 3.63) is 67.7 Å². The lowest BCUT2D eigenvalue weighted by atomic mass is 10.2. The number of nitrogens with zero attached hydrogens (tertiary/aromatic N) is 1. The number of hydrogen-bond acceptors (Lipinski definition) is 3. The normalized spacial score (nSPS) is 10.5. The molecule has 110 valence electrons. The van der Waals surface area contributed by atoms with Gasteiger partial charge in [0, 0.05) is 18.7 Å². The molecule has 1 N–H and O–H groups in total. The Morgan fingerprint density at radius 2 is 1.76 bits per heavy atom. The summed E-state index contributed by atoms with van der Waals surface area (Å²) in [5.74, 6) is -1.34. The Labute approximate surface area is 128 Å². The number of nitrogens with one attached hydrogen (secondary N) is 1. The van der Waals surface area contributed by atoms with Crippen molar-refractivity contribution in [3.63, 3.8) is 0 Å². The van der Waals surface area contributed by atoms with Crippen LogP contribution < -0.4 is 5.32 Å². The Hall–Kier alpha value is -1.92. The van der Waals surface area contributed by atoms with Gasteiger partial charge in [-0.15, -0.1) is 0 Å². The number of nitro benzene ring substituents is 1. The van der Waals surface area contributed by atoms with Crippen LogP contribution in [0, 0.1) is 21.7 Å². The number of halogens is 4. The fraction of sp³-hybridized carbons (Fsp3) is 0.0769. The van der Waals surface area contributed by atoms with Crippen LogP contribution >= 0.6 is 23.2 Å². The molecule has 0 amide bonds. The summed E-state index contributed by atoms with van der Waals surface area (Å²) >= 11 is 11.2. The minimum atomic E-state index is -0.776. The van der Waals surface area contributed by atoms with Gasteiger partial charge in [-0.2, -0.15) is 0 Å². The van der Waals surface area contributed by atoms with Crippen LogP contribution in [0.15, 0.2) is 30.3 Å². The second-order valence-corrected chi connectivity index (χ2v) is 4.96. The van der Waals surface area contributed by atoms with Gasteiger partial charge in [-0.1, -0.05) is 29.3 Å². The predicted molar refractivity (Wildman–Crippen MR) is 76.8 cm³/mol. The van der Waals surface area contributed by atoms with Crippen molar-refractivity contribution in [1.82, 2.24) is 0 Å². The molecular formula is C13H8Cl2F2N2O2. The van der Waals surface area contributed by atoms with Crippen molar-refractivity contribution in [1.29, 1.82) is 0 Å². The molecule has 0 saturated heterocycles. The molecule has 2 aromatic rings. The molecule has 0 spiro atoms. The third-order valence-electron chi connectivity index (χ3n) is 2.70. The topological polar surface area (TPSA) is 55.2 Å². The van der Waals surface area contributed by atoms with Crippen LogP contribution in [-0.4, -0.2) is 4.92 Å². The first-order valence-electron chi connectivity index (χ1n) is 5.69. The van der Waals surface area contributed by atoms with Crippen molar-refractivity contribution in [2.75, 3.05) is 5.32 Å². The van der Waals surface area contributed by atoms with Gasteiger partial charge in [0.05, 0.1) is 15.0 Å². The molecule has 0 aliphatic rings. The summed E-state index contributed by atoms with van der Waals surface area (Å²) in [4.78, 5) is 10.2. The van der Waals surface area contributed by atoms with Crippen molar-refractivity contribution in [2.24, 2.45) is 0 Å². The van der Waals surface area contributed by atoms with E-state index in [0.29, 0.717) is 5.56 Å². The molecule has 0 aromatic heterocycles. The lowest BCUT2D eigenvalue weighted by Gasteiger charge is -2.08. The van der Waals surface area contributed by atoms with Crippen molar-refractivity contribution >= 4 is 34.6 Å². The van der Waals surface area contributed by atoms with E-state index in [2.05, 4.69) is 5.32 Å².